The van der Waals surface area contributed by atoms with Gasteiger partial charge in [0.2, 0.25) is 11.4 Å². The van der Waals surface area contributed by atoms with E-state index < -0.39 is 0 Å². The third kappa shape index (κ3) is 0.572. The third-order valence-electron chi connectivity index (χ3n) is 1.45. The van der Waals surface area contributed by atoms with Gasteiger partial charge in [-0.2, -0.15) is 0 Å². The van der Waals surface area contributed by atoms with E-state index in [0.29, 0.717) is 0 Å². The molecule has 0 amide bonds. The number of fused-ring (bicyclic) bond motifs is 1. The van der Waals surface area contributed by atoms with E-state index in [1.54, 1.807) is 0 Å². The molecule has 1 aromatic rings. The highest BCUT2D eigenvalue weighted by atomic mass is 15.2. The van der Waals surface area contributed by atoms with Crippen LogP contribution in [0.1, 0.15) is 0 Å². The number of aliphatic imine (C=N–C) groups is 1. The second-order valence-electron chi connectivity index (χ2n) is 2.10. The van der Waals surface area contributed by atoms with Crippen molar-refractivity contribution in [3.8, 4) is 0 Å². The minimum atomic E-state index is 0.850. The first-order chi connectivity index (χ1) is 4.88. The molecule has 0 atom stereocenters. The highest BCUT2D eigenvalue weighted by molar-refractivity contribution is 5.71. The zero-order chi connectivity index (χ0) is 6.97. The van der Waals surface area contributed by atoms with Crippen molar-refractivity contribution in [3.05, 3.63) is 24.3 Å². The molecule has 0 saturated carbocycles. The average Bonchev–Trinajstić information content (AvgIpc) is 2.34. The summed E-state index contributed by atoms with van der Waals surface area (Å²) in [5.41, 5.74) is 9.02. The van der Waals surface area contributed by atoms with Gasteiger partial charge in [-0.15, -0.1) is 10.2 Å². The summed E-state index contributed by atoms with van der Waals surface area (Å²) in [7, 11) is 0. The largest absolute Gasteiger partial charge is 0.312 e. The monoisotopic (exact) mass is 132 g/mol. The molecule has 0 spiro atoms. The van der Waals surface area contributed by atoms with E-state index in [-0.39, 0.29) is 0 Å². The van der Waals surface area contributed by atoms with Gasteiger partial charge in [0.1, 0.15) is 0 Å². The molecule has 0 aromatic heterocycles. The molecule has 0 bridgehead atoms. The molecule has 3 nitrogen and oxygen atoms in total. The van der Waals surface area contributed by atoms with Crippen LogP contribution in [0.2, 0.25) is 0 Å². The Morgan fingerprint density at radius 3 is 2.90 bits per heavy atom. The smallest absolute Gasteiger partial charge is 0.132 e. The first-order valence-corrected chi connectivity index (χ1v) is 3.01. The van der Waals surface area contributed by atoms with E-state index in [4.69, 9.17) is 5.53 Å². The Labute approximate surface area is 58.1 Å². The maximum Gasteiger partial charge on any atom is 0.312 e. The molecule has 0 radical (unpaired) electrons. The predicted octanol–water partition coefficient (Wildman–Crippen LogP) is 2.03. The number of hydrogen-bond acceptors (Lipinski definition) is 2. The summed E-state index contributed by atoms with van der Waals surface area (Å²) >= 11 is 0. The van der Waals surface area contributed by atoms with Gasteiger partial charge >= 0.3 is 6.34 Å². The molecule has 3 heteroatoms. The van der Waals surface area contributed by atoms with E-state index in [2.05, 4.69) is 4.99 Å². The molecule has 0 fully saturated rings. The van der Waals surface area contributed by atoms with Gasteiger partial charge in [-0.25, -0.2) is 0 Å². The molecule has 10 heavy (non-hydrogen) atoms. The molecule has 1 heterocycles. The fourth-order valence-corrected chi connectivity index (χ4v) is 0.959. The highest BCUT2D eigenvalue weighted by Gasteiger charge is 2.18. The van der Waals surface area contributed by atoms with Crippen LogP contribution in [0.15, 0.2) is 29.3 Å². The zero-order valence-electron chi connectivity index (χ0n) is 5.28. The molecule has 0 saturated heterocycles. The summed E-state index contributed by atoms with van der Waals surface area (Å²) in [5.74, 6) is 0. The number of nitrogens with zero attached hydrogens (tertiary/aromatic N) is 2. The maximum atomic E-state index is 7.30. The summed E-state index contributed by atoms with van der Waals surface area (Å²) < 4.78 is 1.26. The quantitative estimate of drug-likeness (QED) is 0.525. The van der Waals surface area contributed by atoms with Crippen LogP contribution in [-0.2, 0) is 0 Å². The fraction of sp³-hybridized carbons (Fsp3) is 0. The predicted molar refractivity (Wildman–Crippen MR) is 37.2 cm³/mol. The number of benzene rings is 1. The third-order valence-corrected chi connectivity index (χ3v) is 1.45. The lowest BCUT2D eigenvalue weighted by molar-refractivity contribution is -0.401. The molecule has 0 unspecified atom stereocenters. The van der Waals surface area contributed by atoms with E-state index in [0.717, 1.165) is 11.4 Å². The minimum absolute atomic E-state index is 0.850. The van der Waals surface area contributed by atoms with Crippen molar-refractivity contribution in [1.29, 1.82) is 5.53 Å². The normalized spacial score (nSPS) is 13.8. The Balaban J connectivity index is 2.70. The van der Waals surface area contributed by atoms with E-state index in [9.17, 15) is 0 Å². The zero-order valence-corrected chi connectivity index (χ0v) is 5.28. The second kappa shape index (κ2) is 1.73. The van der Waals surface area contributed by atoms with Crippen molar-refractivity contribution in [2.24, 2.45) is 4.99 Å². The number of rotatable bonds is 0. The van der Waals surface area contributed by atoms with Crippen molar-refractivity contribution in [1.82, 2.24) is 0 Å². The van der Waals surface area contributed by atoms with Crippen LogP contribution in [0.4, 0.5) is 11.4 Å². The first-order valence-electron chi connectivity index (χ1n) is 3.01. The Bertz CT molecular complexity index is 314. The first kappa shape index (κ1) is 5.29. The molecule has 0 aliphatic carbocycles. The lowest BCUT2D eigenvalue weighted by Crippen LogP contribution is -1.88. The lowest BCUT2D eigenvalue weighted by Gasteiger charge is -1.85. The van der Waals surface area contributed by atoms with E-state index in [1.165, 1.54) is 11.0 Å². The second-order valence-corrected chi connectivity index (χ2v) is 2.10. The number of para-hydroxylation sites is 2. The summed E-state index contributed by atoms with van der Waals surface area (Å²) in [5, 5.41) is 0. The van der Waals surface area contributed by atoms with Crippen LogP contribution in [0, 0.1) is 5.53 Å². The Morgan fingerprint density at radius 1 is 1.30 bits per heavy atom. The van der Waals surface area contributed by atoms with Crippen molar-refractivity contribution in [2.75, 3.05) is 0 Å². The summed E-state index contributed by atoms with van der Waals surface area (Å²) in [4.78, 5) is 3.99. The van der Waals surface area contributed by atoms with Crippen LogP contribution < -0.4 is 0 Å². The van der Waals surface area contributed by atoms with Gasteiger partial charge in [0.25, 0.3) is 0 Å². The fourth-order valence-electron chi connectivity index (χ4n) is 0.959. The summed E-state index contributed by atoms with van der Waals surface area (Å²) in [6.07, 6.45) is 1.49. The Morgan fingerprint density at radius 2 is 2.10 bits per heavy atom. The molecule has 1 aliphatic heterocycles. The van der Waals surface area contributed by atoms with Gasteiger partial charge in [0.15, 0.2) is 0 Å². The standard InChI is InChI=1S/C7H6N3/c8-10-5-9-6-3-1-2-4-7(6)10/h1-5,8H/q+1. The van der Waals surface area contributed by atoms with Gasteiger partial charge in [-0.05, 0) is 17.1 Å². The lowest BCUT2D eigenvalue weighted by atomic mass is 10.3. The van der Waals surface area contributed by atoms with Gasteiger partial charge in [-0.3, -0.25) is 0 Å². The van der Waals surface area contributed by atoms with Crippen LogP contribution in [-0.4, -0.2) is 11.0 Å². The topological polar surface area (TPSA) is 39.2 Å². The van der Waals surface area contributed by atoms with Gasteiger partial charge in [0, 0.05) is 0 Å². The van der Waals surface area contributed by atoms with Crippen LogP contribution in [0.5, 0.6) is 0 Å². The van der Waals surface area contributed by atoms with Gasteiger partial charge < -0.3 is 0 Å². The molecular formula is C7H6N3+. The highest BCUT2D eigenvalue weighted by Crippen LogP contribution is 2.29. The molecular weight excluding hydrogens is 126 g/mol. The van der Waals surface area contributed by atoms with E-state index in [1.807, 2.05) is 24.3 Å². The summed E-state index contributed by atoms with van der Waals surface area (Å²) in [6, 6.07) is 7.57. The maximum absolute atomic E-state index is 7.30. The van der Waals surface area contributed by atoms with Crippen molar-refractivity contribution in [2.45, 2.75) is 0 Å². The number of nitrogens with one attached hydrogen (secondary N) is 1. The number of hydrogen-bond donors (Lipinski definition) is 1. The Kier molecular flexibility index (Phi) is 0.917. The van der Waals surface area contributed by atoms with Crippen molar-refractivity contribution < 1.29 is 4.70 Å². The van der Waals surface area contributed by atoms with Crippen molar-refractivity contribution in [3.63, 3.8) is 0 Å². The average molecular weight is 132 g/mol. The van der Waals surface area contributed by atoms with E-state index >= 15 is 0 Å². The Hall–Kier alpha value is -1.51. The SMILES string of the molecule is N=[N+]1C=Nc2ccccc21. The molecule has 48 valence electrons. The minimum Gasteiger partial charge on any atom is -0.132 e. The molecule has 1 N–H and O–H groups in total. The van der Waals surface area contributed by atoms with Crippen molar-refractivity contribution >= 4 is 17.7 Å². The molecule has 1 aromatic carbocycles. The van der Waals surface area contributed by atoms with Crippen LogP contribution in [0.25, 0.3) is 0 Å². The summed E-state index contributed by atoms with van der Waals surface area (Å²) in [6.45, 7) is 0. The van der Waals surface area contributed by atoms with Gasteiger partial charge in [-0.1, -0.05) is 12.1 Å². The van der Waals surface area contributed by atoms with Crippen LogP contribution in [0.3, 0.4) is 0 Å². The molecule has 2 rings (SSSR count). The van der Waals surface area contributed by atoms with Gasteiger partial charge in [0.05, 0.1) is 0 Å². The van der Waals surface area contributed by atoms with Crippen LogP contribution >= 0.6 is 0 Å². The molecule has 1 aliphatic rings.